The van der Waals surface area contributed by atoms with Crippen LogP contribution in [-0.4, -0.2) is 60.1 Å². The first-order chi connectivity index (χ1) is 12.1. The molecule has 0 aliphatic carbocycles. The molecule has 5 nitrogen and oxygen atoms in total. The summed E-state index contributed by atoms with van der Waals surface area (Å²) in [5.41, 5.74) is 8.54. The Hall–Kier alpha value is -1.43. The van der Waals surface area contributed by atoms with E-state index >= 15 is 0 Å². The highest BCUT2D eigenvalue weighted by molar-refractivity contribution is 5.77. The number of benzene rings is 1. The largest absolute Gasteiger partial charge is 0.395 e. The molecule has 2 heterocycles. The van der Waals surface area contributed by atoms with Crippen LogP contribution in [0.5, 0.6) is 0 Å². The van der Waals surface area contributed by atoms with Gasteiger partial charge in [-0.2, -0.15) is 0 Å². The second-order valence-electron chi connectivity index (χ2n) is 7.71. The van der Waals surface area contributed by atoms with E-state index in [0.717, 1.165) is 39.0 Å². The van der Waals surface area contributed by atoms with Crippen molar-refractivity contribution in [2.75, 3.05) is 39.3 Å². The first kappa shape index (κ1) is 18.4. The number of carbonyl (C=O) groups is 1. The van der Waals surface area contributed by atoms with Crippen molar-refractivity contribution in [2.24, 2.45) is 11.1 Å². The van der Waals surface area contributed by atoms with Crippen LogP contribution in [0.3, 0.4) is 0 Å². The lowest BCUT2D eigenvalue weighted by Gasteiger charge is -2.48. The minimum Gasteiger partial charge on any atom is -0.395 e. The minimum absolute atomic E-state index is 0.0550. The van der Waals surface area contributed by atoms with Gasteiger partial charge >= 0.3 is 0 Å². The maximum atomic E-state index is 12.1. The summed E-state index contributed by atoms with van der Waals surface area (Å²) in [6, 6.07) is 8.75. The lowest BCUT2D eigenvalue weighted by atomic mass is 9.73. The van der Waals surface area contributed by atoms with E-state index in [2.05, 4.69) is 29.2 Å². The van der Waals surface area contributed by atoms with Gasteiger partial charge in [-0.3, -0.25) is 9.69 Å². The van der Waals surface area contributed by atoms with Crippen LogP contribution in [0.2, 0.25) is 0 Å². The Labute approximate surface area is 150 Å². The van der Waals surface area contributed by atoms with Crippen molar-refractivity contribution in [1.29, 1.82) is 0 Å². The lowest BCUT2D eigenvalue weighted by molar-refractivity contribution is -0.140. The molecule has 3 N–H and O–H groups in total. The molecular formula is C20H31N3O2. The van der Waals surface area contributed by atoms with Crippen LogP contribution in [0.4, 0.5) is 0 Å². The Balaban J connectivity index is 1.64. The Kier molecular flexibility index (Phi) is 6.10. The predicted octanol–water partition coefficient (Wildman–Crippen LogP) is 1.38. The van der Waals surface area contributed by atoms with Gasteiger partial charge in [0.05, 0.1) is 6.61 Å². The monoisotopic (exact) mass is 345 g/mol. The average Bonchev–Trinajstić information content (AvgIpc) is 2.60. The number of hydrogen-bond donors (Lipinski definition) is 2. The summed E-state index contributed by atoms with van der Waals surface area (Å²) >= 11 is 0. The van der Waals surface area contributed by atoms with Crippen molar-refractivity contribution >= 4 is 5.91 Å². The summed E-state index contributed by atoms with van der Waals surface area (Å²) in [4.78, 5) is 16.5. The fraction of sp³-hybridized carbons (Fsp3) is 0.650. The number of aliphatic hydroxyl groups excluding tert-OH is 1. The molecule has 0 bridgehead atoms. The zero-order valence-electron chi connectivity index (χ0n) is 15.1. The van der Waals surface area contributed by atoms with E-state index in [0.29, 0.717) is 19.5 Å². The standard InChI is InChI=1S/C20H31N3O2/c21-9-6-17-3-1-4-18(13-17)14-22-10-2-7-20(15-22)8-5-19(25)23(16-20)11-12-24/h1,3-4,13,24H,2,5-12,14-16,21H2/t20-/m0/s1. The van der Waals surface area contributed by atoms with Crippen molar-refractivity contribution in [3.05, 3.63) is 35.4 Å². The zero-order valence-corrected chi connectivity index (χ0v) is 15.1. The molecule has 2 aliphatic rings. The van der Waals surface area contributed by atoms with Crippen molar-refractivity contribution in [3.8, 4) is 0 Å². The molecule has 25 heavy (non-hydrogen) atoms. The number of carbonyl (C=O) groups excluding carboxylic acids is 1. The molecule has 2 saturated heterocycles. The Morgan fingerprint density at radius 2 is 2.04 bits per heavy atom. The molecule has 1 aromatic rings. The van der Waals surface area contributed by atoms with E-state index in [9.17, 15) is 9.90 Å². The molecule has 1 spiro atoms. The number of nitrogens with zero attached hydrogens (tertiary/aromatic N) is 2. The van der Waals surface area contributed by atoms with Gasteiger partial charge in [0.25, 0.3) is 0 Å². The third-order valence-electron chi connectivity index (χ3n) is 5.69. The van der Waals surface area contributed by atoms with Gasteiger partial charge < -0.3 is 15.7 Å². The van der Waals surface area contributed by atoms with E-state index in [4.69, 9.17) is 5.73 Å². The van der Waals surface area contributed by atoms with Gasteiger partial charge in [-0.05, 0) is 49.9 Å². The first-order valence-corrected chi connectivity index (χ1v) is 9.53. The van der Waals surface area contributed by atoms with Crippen LogP contribution < -0.4 is 5.73 Å². The van der Waals surface area contributed by atoms with Crippen molar-refractivity contribution in [2.45, 2.75) is 38.6 Å². The summed E-state index contributed by atoms with van der Waals surface area (Å²) in [5.74, 6) is 0.200. The molecule has 2 aliphatic heterocycles. The number of piperidine rings is 2. The minimum atomic E-state index is 0.0550. The molecular weight excluding hydrogens is 314 g/mol. The zero-order chi connectivity index (χ0) is 17.7. The van der Waals surface area contributed by atoms with Crippen LogP contribution in [0.25, 0.3) is 0 Å². The molecule has 1 amide bonds. The molecule has 5 heteroatoms. The molecule has 1 atom stereocenters. The lowest BCUT2D eigenvalue weighted by Crippen LogP contribution is -2.54. The maximum absolute atomic E-state index is 12.1. The quantitative estimate of drug-likeness (QED) is 0.817. The molecule has 0 aromatic heterocycles. The number of β-amino-alcohol motifs (C(OH)–C–C–N with tert-alkyl or cyclic N) is 1. The highest BCUT2D eigenvalue weighted by atomic mass is 16.3. The molecule has 3 rings (SSSR count). The summed E-state index contributed by atoms with van der Waals surface area (Å²) in [7, 11) is 0. The molecule has 0 radical (unpaired) electrons. The molecule has 138 valence electrons. The smallest absolute Gasteiger partial charge is 0.222 e. The van der Waals surface area contributed by atoms with E-state index in [1.165, 1.54) is 24.0 Å². The van der Waals surface area contributed by atoms with E-state index in [1.807, 2.05) is 4.90 Å². The second-order valence-corrected chi connectivity index (χ2v) is 7.71. The van der Waals surface area contributed by atoms with Gasteiger partial charge in [-0.25, -0.2) is 0 Å². The van der Waals surface area contributed by atoms with E-state index in [1.54, 1.807) is 0 Å². The number of likely N-dealkylation sites (tertiary alicyclic amines) is 2. The van der Waals surface area contributed by atoms with E-state index < -0.39 is 0 Å². The van der Waals surface area contributed by atoms with Gasteiger partial charge in [0, 0.05) is 38.0 Å². The van der Waals surface area contributed by atoms with Crippen molar-refractivity contribution < 1.29 is 9.90 Å². The third-order valence-corrected chi connectivity index (χ3v) is 5.69. The van der Waals surface area contributed by atoms with Gasteiger partial charge in [-0.15, -0.1) is 0 Å². The normalized spacial score (nSPS) is 24.9. The van der Waals surface area contributed by atoms with Crippen molar-refractivity contribution in [3.63, 3.8) is 0 Å². The van der Waals surface area contributed by atoms with E-state index in [-0.39, 0.29) is 17.9 Å². The molecule has 1 aromatic carbocycles. The number of amides is 1. The Bertz CT molecular complexity index is 592. The van der Waals surface area contributed by atoms with Gasteiger partial charge in [-0.1, -0.05) is 24.3 Å². The Morgan fingerprint density at radius 1 is 1.20 bits per heavy atom. The van der Waals surface area contributed by atoms with Crippen LogP contribution in [-0.2, 0) is 17.8 Å². The number of nitrogens with two attached hydrogens (primary N) is 1. The van der Waals surface area contributed by atoms with Gasteiger partial charge in [0.15, 0.2) is 0 Å². The van der Waals surface area contributed by atoms with Gasteiger partial charge in [0.1, 0.15) is 0 Å². The first-order valence-electron chi connectivity index (χ1n) is 9.53. The number of aliphatic hydroxyl groups is 1. The molecule has 0 unspecified atom stereocenters. The molecule has 2 fully saturated rings. The summed E-state index contributed by atoms with van der Waals surface area (Å²) in [5, 5.41) is 9.23. The summed E-state index contributed by atoms with van der Waals surface area (Å²) < 4.78 is 0. The molecule has 0 saturated carbocycles. The third kappa shape index (κ3) is 4.60. The summed E-state index contributed by atoms with van der Waals surface area (Å²) in [6.07, 6.45) is 4.91. The van der Waals surface area contributed by atoms with Crippen LogP contribution >= 0.6 is 0 Å². The van der Waals surface area contributed by atoms with Crippen LogP contribution in [0, 0.1) is 5.41 Å². The number of hydrogen-bond acceptors (Lipinski definition) is 4. The average molecular weight is 345 g/mol. The van der Waals surface area contributed by atoms with Crippen LogP contribution in [0.1, 0.15) is 36.8 Å². The van der Waals surface area contributed by atoms with Crippen LogP contribution in [0.15, 0.2) is 24.3 Å². The fourth-order valence-electron chi connectivity index (χ4n) is 4.51. The summed E-state index contributed by atoms with van der Waals surface area (Å²) in [6.45, 7) is 5.15. The number of rotatable bonds is 6. The topological polar surface area (TPSA) is 69.8 Å². The Morgan fingerprint density at radius 3 is 2.84 bits per heavy atom. The van der Waals surface area contributed by atoms with Crippen molar-refractivity contribution in [1.82, 2.24) is 9.80 Å². The fourth-order valence-corrected chi connectivity index (χ4v) is 4.51. The maximum Gasteiger partial charge on any atom is 0.222 e. The highest BCUT2D eigenvalue weighted by Crippen LogP contribution is 2.39. The van der Waals surface area contributed by atoms with Gasteiger partial charge in [0.2, 0.25) is 5.91 Å². The highest BCUT2D eigenvalue weighted by Gasteiger charge is 2.41. The SMILES string of the molecule is NCCc1cccc(CN2CCC[C@]3(CCC(=O)N(CCO)C3)C2)c1. The predicted molar refractivity (Wildman–Crippen MR) is 99.0 cm³/mol. The second kappa shape index (κ2) is 8.30.